The van der Waals surface area contributed by atoms with Crippen LogP contribution in [0.5, 0.6) is 0 Å². The molecule has 0 spiro atoms. The van der Waals surface area contributed by atoms with E-state index in [1.807, 2.05) is 0 Å². The zero-order chi connectivity index (χ0) is 24.0. The molecule has 5 rings (SSSR count). The third kappa shape index (κ3) is 4.01. The van der Waals surface area contributed by atoms with E-state index in [9.17, 15) is 13.2 Å². The average Bonchev–Trinajstić information content (AvgIpc) is 3.53. The third-order valence-electron chi connectivity index (χ3n) is 6.99. The van der Waals surface area contributed by atoms with Crippen LogP contribution in [0.15, 0.2) is 28.3 Å². The zero-order valence-corrected chi connectivity index (χ0v) is 20.4. The molecule has 1 saturated carbocycles. The first kappa shape index (κ1) is 23.0. The van der Waals surface area contributed by atoms with E-state index in [2.05, 4.69) is 15.4 Å². The van der Waals surface area contributed by atoms with Gasteiger partial charge < -0.3 is 10.1 Å². The molecule has 1 aliphatic carbocycles. The van der Waals surface area contributed by atoms with Gasteiger partial charge in [-0.25, -0.2) is 18.2 Å². The summed E-state index contributed by atoms with van der Waals surface area (Å²) in [6.45, 7) is 0.793. The largest absolute Gasteiger partial charge is 0.381 e. The number of imidazole rings is 1. The molecule has 13 heteroatoms. The van der Waals surface area contributed by atoms with Gasteiger partial charge in [-0.15, -0.1) is 0 Å². The smallest absolute Gasteiger partial charge is 0.330 e. The number of ether oxygens (including phenoxy) is 1. The van der Waals surface area contributed by atoms with Gasteiger partial charge in [-0.3, -0.25) is 13.8 Å². The molecule has 0 amide bonds. The van der Waals surface area contributed by atoms with Crippen LogP contribution in [0, 0.1) is 0 Å². The number of nitrogens with one attached hydrogen (secondary N) is 1. The fourth-order valence-electron chi connectivity index (χ4n) is 5.00. The van der Waals surface area contributed by atoms with Crippen molar-refractivity contribution >= 4 is 27.1 Å². The van der Waals surface area contributed by atoms with Gasteiger partial charge in [-0.2, -0.15) is 14.4 Å². The molecule has 12 nitrogen and oxygen atoms in total. The van der Waals surface area contributed by atoms with Crippen LogP contribution in [-0.2, 0) is 28.9 Å². The molecule has 184 valence electrons. The molecule has 0 radical (unpaired) electrons. The molecule has 2 fully saturated rings. The number of rotatable bonds is 6. The second-order valence-corrected chi connectivity index (χ2v) is 11.0. The second kappa shape index (κ2) is 8.78. The zero-order valence-electron chi connectivity index (χ0n) is 19.6. The standard InChI is InChI=1S/C21H30N8O4S/c1-26-13-17(11-23-26)34(31,32)28-8-6-14(7-9-28)24-20-22-12-18-19(25-20)29(21(30)27(18)2)15-4-5-16(10-15)33-3/h11-16H,4-10H2,1-3H3,(H,22,24,25). The topological polar surface area (TPSA) is 129 Å². The van der Waals surface area contributed by atoms with Gasteiger partial charge >= 0.3 is 5.69 Å². The maximum absolute atomic E-state index is 12.9. The van der Waals surface area contributed by atoms with Gasteiger partial charge in [0.15, 0.2) is 5.65 Å². The summed E-state index contributed by atoms with van der Waals surface area (Å²) in [6.07, 6.45) is 8.54. The molecule has 3 aromatic heterocycles. The van der Waals surface area contributed by atoms with E-state index in [0.29, 0.717) is 43.0 Å². The van der Waals surface area contributed by atoms with Crippen molar-refractivity contribution in [2.45, 2.75) is 55.2 Å². The van der Waals surface area contributed by atoms with E-state index in [4.69, 9.17) is 9.72 Å². The van der Waals surface area contributed by atoms with Crippen LogP contribution in [0.25, 0.3) is 11.2 Å². The lowest BCUT2D eigenvalue weighted by Crippen LogP contribution is -2.42. The Kier molecular flexibility index (Phi) is 5.94. The Morgan fingerprint density at radius 1 is 1.12 bits per heavy atom. The van der Waals surface area contributed by atoms with Gasteiger partial charge in [-0.05, 0) is 32.1 Å². The van der Waals surface area contributed by atoms with Crippen molar-refractivity contribution in [2.75, 3.05) is 25.5 Å². The van der Waals surface area contributed by atoms with Crippen molar-refractivity contribution in [3.8, 4) is 0 Å². The number of hydrogen-bond acceptors (Lipinski definition) is 8. The number of aryl methyl sites for hydroxylation is 2. The summed E-state index contributed by atoms with van der Waals surface area (Å²) in [5, 5.41) is 7.32. The summed E-state index contributed by atoms with van der Waals surface area (Å²) in [5.41, 5.74) is 1.20. The van der Waals surface area contributed by atoms with Gasteiger partial charge in [0, 0.05) is 52.6 Å². The lowest BCUT2D eigenvalue weighted by atomic mass is 10.1. The molecule has 1 aliphatic heterocycles. The van der Waals surface area contributed by atoms with Crippen LogP contribution in [-0.4, -0.2) is 74.0 Å². The Morgan fingerprint density at radius 2 is 1.88 bits per heavy atom. The number of sulfonamides is 1. The molecule has 4 heterocycles. The summed E-state index contributed by atoms with van der Waals surface area (Å²) in [5.74, 6) is 0.446. The first-order chi connectivity index (χ1) is 16.3. The maximum atomic E-state index is 12.9. The number of nitrogens with zero attached hydrogens (tertiary/aromatic N) is 7. The van der Waals surface area contributed by atoms with Crippen molar-refractivity contribution in [1.82, 2.24) is 33.2 Å². The van der Waals surface area contributed by atoms with Crippen molar-refractivity contribution in [3.05, 3.63) is 29.1 Å². The lowest BCUT2D eigenvalue weighted by molar-refractivity contribution is 0.106. The quantitative estimate of drug-likeness (QED) is 0.539. The highest BCUT2D eigenvalue weighted by atomic mass is 32.2. The van der Waals surface area contributed by atoms with E-state index >= 15 is 0 Å². The first-order valence-electron chi connectivity index (χ1n) is 11.5. The van der Waals surface area contributed by atoms with Crippen LogP contribution in [0.1, 0.15) is 38.1 Å². The molecule has 3 aromatic rings. The minimum atomic E-state index is -3.55. The van der Waals surface area contributed by atoms with Crippen LogP contribution >= 0.6 is 0 Å². The Balaban J connectivity index is 1.31. The van der Waals surface area contributed by atoms with Crippen LogP contribution in [0.4, 0.5) is 5.95 Å². The highest BCUT2D eigenvalue weighted by molar-refractivity contribution is 7.89. The molecular formula is C21H30N8O4S. The first-order valence-corrected chi connectivity index (χ1v) is 12.9. The number of piperidine rings is 1. The SMILES string of the molecule is COC1CCC(n2c(=O)n(C)c3cnc(NC4CCN(S(=O)(=O)c5cnn(C)c5)CC4)nc32)C1. The highest BCUT2D eigenvalue weighted by Crippen LogP contribution is 2.32. The van der Waals surface area contributed by atoms with Crippen LogP contribution < -0.4 is 11.0 Å². The van der Waals surface area contributed by atoms with E-state index in [1.165, 1.54) is 21.4 Å². The Bertz CT molecular complexity index is 1350. The molecule has 2 unspecified atom stereocenters. The predicted molar refractivity (Wildman–Crippen MR) is 125 cm³/mol. The number of methoxy groups -OCH3 is 1. The summed E-state index contributed by atoms with van der Waals surface area (Å²) in [6, 6.07) is 0.0795. The minimum Gasteiger partial charge on any atom is -0.381 e. The number of aromatic nitrogens is 6. The van der Waals surface area contributed by atoms with Crippen molar-refractivity contribution in [3.63, 3.8) is 0 Å². The van der Waals surface area contributed by atoms with Gasteiger partial charge in [-0.1, -0.05) is 0 Å². The molecular weight excluding hydrogens is 460 g/mol. The van der Waals surface area contributed by atoms with E-state index < -0.39 is 10.0 Å². The fourth-order valence-corrected chi connectivity index (χ4v) is 6.46. The third-order valence-corrected chi connectivity index (χ3v) is 8.85. The number of anilines is 1. The Labute approximate surface area is 197 Å². The van der Waals surface area contributed by atoms with Crippen molar-refractivity contribution in [1.29, 1.82) is 0 Å². The van der Waals surface area contributed by atoms with Crippen molar-refractivity contribution < 1.29 is 13.2 Å². The summed E-state index contributed by atoms with van der Waals surface area (Å²) >= 11 is 0. The van der Waals surface area contributed by atoms with Crippen LogP contribution in [0.3, 0.4) is 0 Å². The summed E-state index contributed by atoms with van der Waals surface area (Å²) in [4.78, 5) is 22.3. The highest BCUT2D eigenvalue weighted by Gasteiger charge is 2.32. The van der Waals surface area contributed by atoms with E-state index in [0.717, 1.165) is 19.3 Å². The molecule has 1 N–H and O–H groups in total. The van der Waals surface area contributed by atoms with E-state index in [-0.39, 0.29) is 28.8 Å². The predicted octanol–water partition coefficient (Wildman–Crippen LogP) is 0.869. The van der Waals surface area contributed by atoms with Gasteiger partial charge in [0.2, 0.25) is 16.0 Å². The fraction of sp³-hybridized carbons (Fsp3) is 0.619. The average molecular weight is 491 g/mol. The van der Waals surface area contributed by atoms with Crippen molar-refractivity contribution in [2.24, 2.45) is 14.1 Å². The monoisotopic (exact) mass is 490 g/mol. The minimum absolute atomic E-state index is 0.0334. The molecule has 34 heavy (non-hydrogen) atoms. The maximum Gasteiger partial charge on any atom is 0.330 e. The number of fused-ring (bicyclic) bond motifs is 1. The summed E-state index contributed by atoms with van der Waals surface area (Å²) < 4.78 is 37.5. The molecule has 2 atom stereocenters. The van der Waals surface area contributed by atoms with Crippen LogP contribution in [0.2, 0.25) is 0 Å². The summed E-state index contributed by atoms with van der Waals surface area (Å²) in [7, 11) is 1.58. The number of hydrogen-bond donors (Lipinski definition) is 1. The van der Waals surface area contributed by atoms with E-state index in [1.54, 1.807) is 36.5 Å². The van der Waals surface area contributed by atoms with Gasteiger partial charge in [0.25, 0.3) is 0 Å². The molecule has 1 saturated heterocycles. The Hall–Kier alpha value is -2.77. The Morgan fingerprint density at radius 3 is 2.53 bits per heavy atom. The second-order valence-electron chi connectivity index (χ2n) is 9.11. The normalized spacial score (nSPS) is 22.6. The lowest BCUT2D eigenvalue weighted by Gasteiger charge is -2.31. The molecule has 0 bridgehead atoms. The molecule has 2 aliphatic rings. The van der Waals surface area contributed by atoms with Gasteiger partial charge in [0.1, 0.15) is 10.4 Å². The molecule has 0 aromatic carbocycles. The van der Waals surface area contributed by atoms with Gasteiger partial charge in [0.05, 0.1) is 18.5 Å².